The van der Waals surface area contributed by atoms with Crippen LogP contribution < -0.4 is 0 Å². The van der Waals surface area contributed by atoms with Crippen LogP contribution in [0.2, 0.25) is 0 Å². The van der Waals surface area contributed by atoms with Crippen LogP contribution in [0, 0.1) is 0 Å². The summed E-state index contributed by atoms with van der Waals surface area (Å²) < 4.78 is 17.3. The smallest absolute Gasteiger partial charge is 0.160 e. The number of hydrogen-bond donors (Lipinski definition) is 0. The van der Waals surface area contributed by atoms with Crippen molar-refractivity contribution in [3.63, 3.8) is 0 Å². The van der Waals surface area contributed by atoms with Crippen LogP contribution in [-0.2, 0) is 14.2 Å². The maximum absolute atomic E-state index is 6.05. The zero-order valence-electron chi connectivity index (χ0n) is 13.3. The Morgan fingerprint density at radius 3 is 2.29 bits per heavy atom. The average Bonchev–Trinajstić information content (AvgIpc) is 2.51. The Hall–Kier alpha value is -1.16. The molecule has 1 atom stereocenters. The maximum Gasteiger partial charge on any atom is 0.160 e. The summed E-state index contributed by atoms with van der Waals surface area (Å²) in [7, 11) is 0. The van der Waals surface area contributed by atoms with Crippen molar-refractivity contribution >= 4 is 0 Å². The highest BCUT2D eigenvalue weighted by Crippen LogP contribution is 2.24. The molecule has 0 N–H and O–H groups in total. The molecule has 1 unspecified atom stereocenters. The molecule has 0 bridgehead atoms. The number of benzene rings is 1. The van der Waals surface area contributed by atoms with E-state index in [2.05, 4.69) is 18.7 Å². The number of hydrogen-bond acceptors (Lipinski definition) is 3. The van der Waals surface area contributed by atoms with Crippen LogP contribution >= 0.6 is 0 Å². The molecule has 0 aliphatic rings. The van der Waals surface area contributed by atoms with E-state index < -0.39 is 0 Å². The zero-order valence-corrected chi connectivity index (χ0v) is 13.3. The predicted octanol–water partition coefficient (Wildman–Crippen LogP) is 4.50. The van der Waals surface area contributed by atoms with Crippen LogP contribution in [0.4, 0.5) is 0 Å². The summed E-state index contributed by atoms with van der Waals surface area (Å²) in [6.07, 6.45) is 4.37. The molecule has 0 aliphatic heterocycles. The fourth-order valence-corrected chi connectivity index (χ4v) is 2.15. The van der Waals surface area contributed by atoms with E-state index in [0.29, 0.717) is 19.6 Å². The summed E-state index contributed by atoms with van der Waals surface area (Å²) in [5.74, 6) is 0. The molecule has 1 rings (SSSR count). The van der Waals surface area contributed by atoms with Crippen molar-refractivity contribution < 1.29 is 14.2 Å². The SMILES string of the molecule is C=CCCCOC(CC(OCC)OCC)c1ccccc1. The van der Waals surface area contributed by atoms with E-state index >= 15 is 0 Å². The second-order valence-electron chi connectivity index (χ2n) is 4.78. The van der Waals surface area contributed by atoms with E-state index in [-0.39, 0.29) is 12.4 Å². The van der Waals surface area contributed by atoms with Gasteiger partial charge in [-0.25, -0.2) is 0 Å². The quantitative estimate of drug-likeness (QED) is 0.322. The molecule has 0 heterocycles. The maximum atomic E-state index is 6.05. The summed E-state index contributed by atoms with van der Waals surface area (Å²) in [5, 5.41) is 0. The molecule has 1 aromatic carbocycles. The normalized spacial score (nSPS) is 12.5. The second kappa shape index (κ2) is 11.5. The molecule has 3 nitrogen and oxygen atoms in total. The van der Waals surface area contributed by atoms with Gasteiger partial charge in [-0.2, -0.15) is 0 Å². The lowest BCUT2D eigenvalue weighted by Crippen LogP contribution is -2.22. The number of unbranched alkanes of at least 4 members (excludes halogenated alkanes) is 1. The van der Waals surface area contributed by atoms with Crippen LogP contribution in [-0.4, -0.2) is 26.1 Å². The molecule has 0 spiro atoms. The van der Waals surface area contributed by atoms with Crippen molar-refractivity contribution in [2.75, 3.05) is 19.8 Å². The van der Waals surface area contributed by atoms with Gasteiger partial charge in [0.2, 0.25) is 0 Å². The lowest BCUT2D eigenvalue weighted by molar-refractivity contribution is -0.158. The Labute approximate surface area is 128 Å². The monoisotopic (exact) mass is 292 g/mol. The van der Waals surface area contributed by atoms with Gasteiger partial charge in [0.1, 0.15) is 0 Å². The Morgan fingerprint density at radius 1 is 1.05 bits per heavy atom. The first-order valence-corrected chi connectivity index (χ1v) is 7.82. The molecular formula is C18H28O3. The molecule has 3 heteroatoms. The van der Waals surface area contributed by atoms with Crippen LogP contribution in [0.1, 0.15) is 44.8 Å². The molecule has 0 saturated carbocycles. The van der Waals surface area contributed by atoms with Gasteiger partial charge in [0, 0.05) is 26.2 Å². The van der Waals surface area contributed by atoms with E-state index in [4.69, 9.17) is 14.2 Å². The van der Waals surface area contributed by atoms with Crippen molar-refractivity contribution in [3.8, 4) is 0 Å². The second-order valence-corrected chi connectivity index (χ2v) is 4.78. The average molecular weight is 292 g/mol. The first-order chi connectivity index (χ1) is 10.3. The Balaban J connectivity index is 2.63. The van der Waals surface area contributed by atoms with Gasteiger partial charge in [-0.05, 0) is 32.3 Å². The molecular weight excluding hydrogens is 264 g/mol. The number of allylic oxidation sites excluding steroid dienone is 1. The third kappa shape index (κ3) is 7.42. The third-order valence-electron chi connectivity index (χ3n) is 3.15. The first kappa shape index (κ1) is 17.9. The highest BCUT2D eigenvalue weighted by molar-refractivity contribution is 5.17. The topological polar surface area (TPSA) is 27.7 Å². The van der Waals surface area contributed by atoms with Crippen LogP contribution in [0.25, 0.3) is 0 Å². The summed E-state index contributed by atoms with van der Waals surface area (Å²) in [6, 6.07) is 10.3. The summed E-state index contributed by atoms with van der Waals surface area (Å²) in [5.41, 5.74) is 1.17. The van der Waals surface area contributed by atoms with E-state index in [1.165, 1.54) is 5.56 Å². The molecule has 0 aliphatic carbocycles. The van der Waals surface area contributed by atoms with E-state index in [9.17, 15) is 0 Å². The van der Waals surface area contributed by atoms with Gasteiger partial charge in [0.15, 0.2) is 6.29 Å². The van der Waals surface area contributed by atoms with Crippen LogP contribution in [0.3, 0.4) is 0 Å². The van der Waals surface area contributed by atoms with Gasteiger partial charge in [-0.3, -0.25) is 0 Å². The molecule has 0 amide bonds. The Bertz CT molecular complexity index is 358. The van der Waals surface area contributed by atoms with Gasteiger partial charge in [0.25, 0.3) is 0 Å². The highest BCUT2D eigenvalue weighted by atomic mass is 16.7. The highest BCUT2D eigenvalue weighted by Gasteiger charge is 2.19. The fourth-order valence-electron chi connectivity index (χ4n) is 2.15. The largest absolute Gasteiger partial charge is 0.373 e. The minimum atomic E-state index is -0.218. The van der Waals surface area contributed by atoms with Crippen molar-refractivity contribution in [1.82, 2.24) is 0 Å². The lowest BCUT2D eigenvalue weighted by Gasteiger charge is -2.24. The van der Waals surface area contributed by atoms with Gasteiger partial charge < -0.3 is 14.2 Å². The predicted molar refractivity (Wildman–Crippen MR) is 86.2 cm³/mol. The van der Waals surface area contributed by atoms with E-state index in [1.54, 1.807) is 0 Å². The summed E-state index contributed by atoms with van der Waals surface area (Å²) in [4.78, 5) is 0. The van der Waals surface area contributed by atoms with Crippen LogP contribution in [0.5, 0.6) is 0 Å². The molecule has 0 saturated heterocycles. The number of rotatable bonds is 12. The molecule has 118 valence electrons. The summed E-state index contributed by atoms with van der Waals surface area (Å²) >= 11 is 0. The van der Waals surface area contributed by atoms with E-state index in [0.717, 1.165) is 19.4 Å². The molecule has 0 radical (unpaired) electrons. The lowest BCUT2D eigenvalue weighted by atomic mass is 10.1. The van der Waals surface area contributed by atoms with Crippen molar-refractivity contribution in [2.45, 2.75) is 45.5 Å². The Morgan fingerprint density at radius 2 is 1.71 bits per heavy atom. The van der Waals surface area contributed by atoms with Crippen molar-refractivity contribution in [1.29, 1.82) is 0 Å². The third-order valence-corrected chi connectivity index (χ3v) is 3.15. The molecule has 1 aromatic rings. The zero-order chi connectivity index (χ0) is 15.3. The van der Waals surface area contributed by atoms with Gasteiger partial charge >= 0.3 is 0 Å². The minimum absolute atomic E-state index is 0.000819. The first-order valence-electron chi connectivity index (χ1n) is 7.82. The molecule has 21 heavy (non-hydrogen) atoms. The Kier molecular flexibility index (Phi) is 9.79. The molecule has 0 aromatic heterocycles. The summed E-state index contributed by atoms with van der Waals surface area (Å²) in [6.45, 7) is 9.70. The minimum Gasteiger partial charge on any atom is -0.373 e. The van der Waals surface area contributed by atoms with Crippen molar-refractivity contribution in [3.05, 3.63) is 48.6 Å². The van der Waals surface area contributed by atoms with Crippen LogP contribution in [0.15, 0.2) is 43.0 Å². The van der Waals surface area contributed by atoms with Gasteiger partial charge in [-0.1, -0.05) is 36.4 Å². The van der Waals surface area contributed by atoms with Gasteiger partial charge in [-0.15, -0.1) is 6.58 Å². The standard InChI is InChI=1S/C18H28O3/c1-4-7-11-14-21-17(16-12-9-8-10-13-16)15-18(19-5-2)20-6-3/h4,8-10,12-13,17-18H,1,5-7,11,14-15H2,2-3H3. The van der Waals surface area contributed by atoms with Crippen molar-refractivity contribution in [2.24, 2.45) is 0 Å². The fraction of sp³-hybridized carbons (Fsp3) is 0.556. The van der Waals surface area contributed by atoms with E-state index in [1.807, 2.05) is 38.1 Å². The number of ether oxygens (including phenoxy) is 3. The van der Waals surface area contributed by atoms with Gasteiger partial charge in [0.05, 0.1) is 6.10 Å². The molecule has 0 fully saturated rings.